The third kappa shape index (κ3) is 2.78. The second kappa shape index (κ2) is 5.97. The average Bonchev–Trinajstić information content (AvgIpc) is 2.46. The Morgan fingerprint density at radius 2 is 2.35 bits per heavy atom. The molecule has 0 radical (unpaired) electrons. The van der Waals surface area contributed by atoms with E-state index in [1.165, 1.54) is 4.90 Å². The van der Waals surface area contributed by atoms with E-state index in [0.29, 0.717) is 25.3 Å². The summed E-state index contributed by atoms with van der Waals surface area (Å²) < 4.78 is 0. The first-order valence-electron chi connectivity index (χ1n) is 6.38. The standard InChI is InChI=1S/C13H15ClN4O2/c1-2-9-8-17(13(19)20)5-6-18(9)11-3-4-12(14)16-10(11)7-15/h3-4,9H,2,5-6,8H2,1H3,(H,19,20). The fourth-order valence-electron chi connectivity index (χ4n) is 2.44. The summed E-state index contributed by atoms with van der Waals surface area (Å²) in [6, 6.07) is 5.50. The van der Waals surface area contributed by atoms with Gasteiger partial charge < -0.3 is 14.9 Å². The predicted octanol–water partition coefficient (Wildman–Crippen LogP) is 2.19. The lowest BCUT2D eigenvalue weighted by molar-refractivity contribution is 0.134. The molecular weight excluding hydrogens is 280 g/mol. The van der Waals surface area contributed by atoms with Gasteiger partial charge in [-0.3, -0.25) is 0 Å². The van der Waals surface area contributed by atoms with Crippen LogP contribution in [0.15, 0.2) is 12.1 Å². The number of carbonyl (C=O) groups is 1. The summed E-state index contributed by atoms with van der Waals surface area (Å²) in [4.78, 5) is 18.5. The summed E-state index contributed by atoms with van der Waals surface area (Å²) in [6.07, 6.45) is -0.116. The molecule has 1 aromatic heterocycles. The molecule has 0 bridgehead atoms. The van der Waals surface area contributed by atoms with Gasteiger partial charge in [-0.15, -0.1) is 0 Å². The van der Waals surface area contributed by atoms with Gasteiger partial charge in [-0.05, 0) is 18.6 Å². The largest absolute Gasteiger partial charge is 0.465 e. The number of rotatable bonds is 2. The van der Waals surface area contributed by atoms with E-state index in [2.05, 4.69) is 4.98 Å². The van der Waals surface area contributed by atoms with Crippen LogP contribution in [0.2, 0.25) is 5.15 Å². The van der Waals surface area contributed by atoms with E-state index in [4.69, 9.17) is 16.7 Å². The first-order valence-corrected chi connectivity index (χ1v) is 6.75. The van der Waals surface area contributed by atoms with Crippen molar-refractivity contribution in [2.75, 3.05) is 24.5 Å². The average molecular weight is 295 g/mol. The zero-order valence-electron chi connectivity index (χ0n) is 11.1. The van der Waals surface area contributed by atoms with Crippen LogP contribution in [0.5, 0.6) is 0 Å². The van der Waals surface area contributed by atoms with Crippen molar-refractivity contribution in [2.24, 2.45) is 0 Å². The number of piperazine rings is 1. The van der Waals surface area contributed by atoms with Crippen LogP contribution in [0.4, 0.5) is 10.5 Å². The fourth-order valence-corrected chi connectivity index (χ4v) is 2.59. The molecule has 0 aromatic carbocycles. The monoisotopic (exact) mass is 294 g/mol. The van der Waals surface area contributed by atoms with Gasteiger partial charge in [-0.25, -0.2) is 9.78 Å². The van der Waals surface area contributed by atoms with Gasteiger partial charge in [0.15, 0.2) is 5.69 Å². The molecule has 1 amide bonds. The number of nitriles is 1. The van der Waals surface area contributed by atoms with Gasteiger partial charge >= 0.3 is 6.09 Å². The molecule has 2 rings (SSSR count). The van der Waals surface area contributed by atoms with Crippen LogP contribution in [-0.4, -0.2) is 46.8 Å². The Morgan fingerprint density at radius 3 is 2.95 bits per heavy atom. The van der Waals surface area contributed by atoms with Crippen molar-refractivity contribution in [3.63, 3.8) is 0 Å². The first-order chi connectivity index (χ1) is 9.56. The molecule has 1 unspecified atom stereocenters. The molecule has 2 heterocycles. The van der Waals surface area contributed by atoms with E-state index in [9.17, 15) is 10.1 Å². The molecule has 1 aliphatic heterocycles. The van der Waals surface area contributed by atoms with Crippen LogP contribution in [0, 0.1) is 11.3 Å². The third-order valence-corrected chi connectivity index (χ3v) is 3.69. The molecule has 106 valence electrons. The van der Waals surface area contributed by atoms with E-state index < -0.39 is 6.09 Å². The number of halogens is 1. The number of nitrogens with zero attached hydrogens (tertiary/aromatic N) is 4. The highest BCUT2D eigenvalue weighted by Gasteiger charge is 2.29. The maximum Gasteiger partial charge on any atom is 0.407 e. The van der Waals surface area contributed by atoms with Crippen molar-refractivity contribution in [3.8, 4) is 6.07 Å². The highest BCUT2D eigenvalue weighted by atomic mass is 35.5. The highest BCUT2D eigenvalue weighted by Crippen LogP contribution is 2.26. The number of carboxylic acid groups (broad SMARTS) is 1. The zero-order valence-corrected chi connectivity index (χ0v) is 11.8. The summed E-state index contributed by atoms with van der Waals surface area (Å²) in [5.41, 5.74) is 0.994. The normalized spacial score (nSPS) is 18.8. The molecule has 1 aliphatic rings. The van der Waals surface area contributed by atoms with Gasteiger partial charge in [0.1, 0.15) is 11.2 Å². The van der Waals surface area contributed by atoms with Crippen molar-refractivity contribution in [2.45, 2.75) is 19.4 Å². The van der Waals surface area contributed by atoms with Crippen LogP contribution < -0.4 is 4.90 Å². The zero-order chi connectivity index (χ0) is 14.7. The van der Waals surface area contributed by atoms with Crippen LogP contribution in [0.3, 0.4) is 0 Å². The van der Waals surface area contributed by atoms with Gasteiger partial charge in [-0.2, -0.15) is 5.26 Å². The predicted molar refractivity (Wildman–Crippen MR) is 75.0 cm³/mol. The van der Waals surface area contributed by atoms with Crippen molar-refractivity contribution in [1.29, 1.82) is 5.26 Å². The minimum Gasteiger partial charge on any atom is -0.465 e. The van der Waals surface area contributed by atoms with Gasteiger partial charge in [0.2, 0.25) is 0 Å². The van der Waals surface area contributed by atoms with Gasteiger partial charge in [0, 0.05) is 25.7 Å². The molecule has 6 nitrogen and oxygen atoms in total. The molecule has 7 heteroatoms. The first kappa shape index (κ1) is 14.4. The van der Waals surface area contributed by atoms with Crippen LogP contribution in [-0.2, 0) is 0 Å². The van der Waals surface area contributed by atoms with E-state index >= 15 is 0 Å². The number of hydrogen-bond donors (Lipinski definition) is 1. The molecule has 1 aromatic rings. The Balaban J connectivity index is 2.29. The van der Waals surface area contributed by atoms with Crippen LogP contribution >= 0.6 is 11.6 Å². The molecule has 1 atom stereocenters. The molecular formula is C13H15ClN4O2. The second-order valence-corrected chi connectivity index (χ2v) is 4.98. The van der Waals surface area contributed by atoms with Gasteiger partial charge in [0.05, 0.1) is 5.69 Å². The number of pyridine rings is 1. The third-order valence-electron chi connectivity index (χ3n) is 3.48. The number of hydrogen-bond acceptors (Lipinski definition) is 4. The Kier molecular flexibility index (Phi) is 4.30. The lowest BCUT2D eigenvalue weighted by Gasteiger charge is -2.41. The number of anilines is 1. The lowest BCUT2D eigenvalue weighted by atomic mass is 10.1. The molecule has 20 heavy (non-hydrogen) atoms. The Hall–Kier alpha value is -2.00. The topological polar surface area (TPSA) is 80.5 Å². The van der Waals surface area contributed by atoms with E-state index in [-0.39, 0.29) is 16.9 Å². The van der Waals surface area contributed by atoms with Crippen molar-refractivity contribution >= 4 is 23.4 Å². The SMILES string of the molecule is CCC1CN(C(=O)O)CCN1c1ccc(Cl)nc1C#N. The maximum absolute atomic E-state index is 11.1. The molecule has 0 saturated carbocycles. The fraction of sp³-hybridized carbons (Fsp3) is 0.462. The Bertz CT molecular complexity index is 558. The summed E-state index contributed by atoms with van der Waals surface area (Å²) in [5.74, 6) is 0. The number of amides is 1. The summed E-state index contributed by atoms with van der Waals surface area (Å²) in [7, 11) is 0. The molecule has 1 fully saturated rings. The van der Waals surface area contributed by atoms with E-state index in [0.717, 1.165) is 6.42 Å². The minimum absolute atomic E-state index is 0.0370. The van der Waals surface area contributed by atoms with E-state index in [1.54, 1.807) is 12.1 Å². The lowest BCUT2D eigenvalue weighted by Crippen LogP contribution is -2.54. The highest BCUT2D eigenvalue weighted by molar-refractivity contribution is 6.29. The van der Waals surface area contributed by atoms with Crippen LogP contribution in [0.25, 0.3) is 0 Å². The number of aromatic nitrogens is 1. The van der Waals surface area contributed by atoms with E-state index in [1.807, 2.05) is 17.9 Å². The molecule has 1 N–H and O–H groups in total. The van der Waals surface area contributed by atoms with Crippen molar-refractivity contribution < 1.29 is 9.90 Å². The molecule has 0 aliphatic carbocycles. The van der Waals surface area contributed by atoms with Gasteiger partial charge in [-0.1, -0.05) is 18.5 Å². The minimum atomic E-state index is -0.905. The molecule has 1 saturated heterocycles. The smallest absolute Gasteiger partial charge is 0.407 e. The quantitative estimate of drug-likeness (QED) is 0.846. The van der Waals surface area contributed by atoms with Crippen molar-refractivity contribution in [3.05, 3.63) is 23.0 Å². The summed E-state index contributed by atoms with van der Waals surface area (Å²) >= 11 is 5.80. The van der Waals surface area contributed by atoms with Gasteiger partial charge in [0.25, 0.3) is 0 Å². The second-order valence-electron chi connectivity index (χ2n) is 4.60. The van der Waals surface area contributed by atoms with Crippen molar-refractivity contribution in [1.82, 2.24) is 9.88 Å². The Morgan fingerprint density at radius 1 is 1.60 bits per heavy atom. The maximum atomic E-state index is 11.1. The molecule has 0 spiro atoms. The van der Waals surface area contributed by atoms with Crippen LogP contribution in [0.1, 0.15) is 19.0 Å². The summed E-state index contributed by atoms with van der Waals surface area (Å²) in [5, 5.41) is 18.5. The Labute approximate surface area is 122 Å². The summed E-state index contributed by atoms with van der Waals surface area (Å²) in [6.45, 7) is 3.39.